The Balaban J connectivity index is 1.67. The van der Waals surface area contributed by atoms with Gasteiger partial charge in [0.15, 0.2) is 0 Å². The quantitative estimate of drug-likeness (QED) is 0.552. The monoisotopic (exact) mass is 476 g/mol. The summed E-state index contributed by atoms with van der Waals surface area (Å²) < 4.78 is 41.2. The van der Waals surface area contributed by atoms with Crippen molar-refractivity contribution in [3.63, 3.8) is 0 Å². The molecule has 2 aromatic rings. The summed E-state index contributed by atoms with van der Waals surface area (Å²) in [4.78, 5) is 26.1. The van der Waals surface area contributed by atoms with Crippen LogP contribution in [0.5, 0.6) is 0 Å². The molecule has 0 atom stereocenters. The number of rotatable bonds is 7. The Kier molecular flexibility index (Phi) is 7.26. The third-order valence-electron chi connectivity index (χ3n) is 5.45. The first-order valence-electron chi connectivity index (χ1n) is 10.7. The molecule has 3 rings (SSSR count). The summed E-state index contributed by atoms with van der Waals surface area (Å²) in [6.45, 7) is 5.29. The van der Waals surface area contributed by atoms with Crippen molar-refractivity contribution in [2.45, 2.75) is 38.5 Å². The van der Waals surface area contributed by atoms with Crippen molar-refractivity contribution in [3.05, 3.63) is 48.0 Å². The summed E-state index contributed by atoms with van der Waals surface area (Å²) in [5.74, 6) is -0.467. The van der Waals surface area contributed by atoms with E-state index in [-0.39, 0.29) is 10.9 Å². The Hall–Kier alpha value is -3.14. The molecular formula is C23H29FN4O4S. The number of amides is 3. The Labute approximate surface area is 193 Å². The van der Waals surface area contributed by atoms with Crippen LogP contribution >= 0.6 is 0 Å². The number of anilines is 3. The first-order valence-corrected chi connectivity index (χ1v) is 12.2. The highest BCUT2D eigenvalue weighted by molar-refractivity contribution is 7.92. The van der Waals surface area contributed by atoms with E-state index >= 15 is 0 Å². The molecule has 1 heterocycles. The van der Waals surface area contributed by atoms with Crippen molar-refractivity contribution in [2.75, 3.05) is 35.1 Å². The van der Waals surface area contributed by atoms with Gasteiger partial charge in [0.2, 0.25) is 5.91 Å². The lowest BCUT2D eigenvalue weighted by atomic mass is 9.94. The smallest absolute Gasteiger partial charge is 0.321 e. The predicted molar refractivity (Wildman–Crippen MR) is 127 cm³/mol. The molecule has 0 aromatic heterocycles. The van der Waals surface area contributed by atoms with Crippen molar-refractivity contribution >= 4 is 39.0 Å². The Morgan fingerprint density at radius 1 is 0.970 bits per heavy atom. The van der Waals surface area contributed by atoms with Gasteiger partial charge in [0.05, 0.1) is 10.3 Å². The molecule has 0 unspecified atom stereocenters. The highest BCUT2D eigenvalue weighted by Gasteiger charge is 2.27. The molecule has 0 aliphatic carbocycles. The molecule has 0 spiro atoms. The van der Waals surface area contributed by atoms with Crippen molar-refractivity contribution in [1.82, 2.24) is 4.90 Å². The number of hydrogen-bond donors (Lipinski definition) is 3. The summed E-state index contributed by atoms with van der Waals surface area (Å²) in [5.41, 5.74) is 0.596. The summed E-state index contributed by atoms with van der Waals surface area (Å²) in [6.07, 6.45) is 1.97. The predicted octanol–water partition coefficient (Wildman–Crippen LogP) is 4.36. The first-order chi connectivity index (χ1) is 15.5. The van der Waals surface area contributed by atoms with Crippen LogP contribution in [0, 0.1) is 12.3 Å². The maximum atomic E-state index is 13.0. The van der Waals surface area contributed by atoms with Gasteiger partial charge in [-0.3, -0.25) is 9.52 Å². The van der Waals surface area contributed by atoms with Gasteiger partial charge in [-0.25, -0.2) is 17.6 Å². The molecule has 178 valence electrons. The average Bonchev–Trinajstić information content (AvgIpc) is 3.30. The standard InChI is InChI=1S/C23H29FN4O4S/c1-16-14-19(26-22(30)28-12-4-5-13-28)10-11-20(16)33(31,32)27-18-8-6-17(7-9-18)25-21(29)23(2,3)15-24/h6-11,14,27H,4-5,12-13,15H2,1-3H3,(H,25,29)(H,26,30). The molecule has 3 N–H and O–H groups in total. The number of carbonyl (C=O) groups is 2. The van der Waals surface area contributed by atoms with Crippen molar-refractivity contribution in [3.8, 4) is 0 Å². The molecule has 8 nitrogen and oxygen atoms in total. The molecule has 1 aliphatic heterocycles. The zero-order valence-electron chi connectivity index (χ0n) is 18.9. The highest BCUT2D eigenvalue weighted by atomic mass is 32.2. The normalized spacial score (nSPS) is 14.1. The number of nitrogens with zero attached hydrogens (tertiary/aromatic N) is 1. The van der Waals surface area contributed by atoms with Crippen LogP contribution in [0.3, 0.4) is 0 Å². The zero-order valence-corrected chi connectivity index (χ0v) is 19.8. The number of benzene rings is 2. The molecule has 1 aliphatic rings. The fourth-order valence-corrected chi connectivity index (χ4v) is 4.63. The molecule has 3 amide bonds. The number of sulfonamides is 1. The van der Waals surface area contributed by atoms with E-state index in [4.69, 9.17) is 0 Å². The van der Waals surface area contributed by atoms with Crippen molar-refractivity contribution < 1.29 is 22.4 Å². The Morgan fingerprint density at radius 3 is 2.12 bits per heavy atom. The lowest BCUT2D eigenvalue weighted by Crippen LogP contribution is -2.32. The number of likely N-dealkylation sites (tertiary alicyclic amines) is 1. The van der Waals surface area contributed by atoms with Crippen LogP contribution < -0.4 is 15.4 Å². The molecule has 0 saturated carbocycles. The molecule has 1 fully saturated rings. The van der Waals surface area contributed by atoms with Crippen LogP contribution in [-0.2, 0) is 14.8 Å². The zero-order chi connectivity index (χ0) is 24.2. The fraction of sp³-hybridized carbons (Fsp3) is 0.391. The maximum absolute atomic E-state index is 13.0. The minimum absolute atomic E-state index is 0.0868. The van der Waals surface area contributed by atoms with Crippen LogP contribution in [0.4, 0.5) is 26.2 Å². The molecule has 0 bridgehead atoms. The number of halogens is 1. The Bertz CT molecular complexity index is 1130. The van der Waals surface area contributed by atoms with Gasteiger partial charge in [0, 0.05) is 30.2 Å². The van der Waals surface area contributed by atoms with Gasteiger partial charge in [-0.15, -0.1) is 0 Å². The van der Waals surface area contributed by atoms with E-state index in [0.717, 1.165) is 25.9 Å². The van der Waals surface area contributed by atoms with Crippen molar-refractivity contribution in [1.29, 1.82) is 0 Å². The second kappa shape index (κ2) is 9.78. The van der Waals surface area contributed by atoms with Gasteiger partial charge >= 0.3 is 6.03 Å². The molecule has 0 radical (unpaired) electrons. The van der Waals surface area contributed by atoms with Crippen molar-refractivity contribution in [2.24, 2.45) is 5.41 Å². The molecule has 1 saturated heterocycles. The molecule has 10 heteroatoms. The van der Waals surface area contributed by atoms with E-state index in [0.29, 0.717) is 22.6 Å². The highest BCUT2D eigenvalue weighted by Crippen LogP contribution is 2.25. The van der Waals surface area contributed by atoms with Crippen LogP contribution in [-0.4, -0.2) is 45.0 Å². The topological polar surface area (TPSA) is 108 Å². The largest absolute Gasteiger partial charge is 0.326 e. The van der Waals surface area contributed by atoms with Gasteiger partial charge in [-0.1, -0.05) is 0 Å². The second-order valence-corrected chi connectivity index (χ2v) is 10.4. The lowest BCUT2D eigenvalue weighted by molar-refractivity contribution is -0.124. The van der Waals surface area contributed by atoms with Crippen LogP contribution in [0.25, 0.3) is 0 Å². The number of hydrogen-bond acceptors (Lipinski definition) is 4. The number of aryl methyl sites for hydroxylation is 1. The average molecular weight is 477 g/mol. The number of nitrogens with one attached hydrogen (secondary N) is 3. The first kappa shape index (κ1) is 24.5. The van der Waals surface area contributed by atoms with Gasteiger partial charge in [-0.2, -0.15) is 0 Å². The summed E-state index contributed by atoms with van der Waals surface area (Å²) in [5, 5.41) is 5.42. The van der Waals surface area contributed by atoms with Crippen LogP contribution in [0.15, 0.2) is 47.4 Å². The molecule has 33 heavy (non-hydrogen) atoms. The van der Waals surface area contributed by atoms with Gasteiger partial charge in [0.1, 0.15) is 6.67 Å². The van der Waals surface area contributed by atoms with Gasteiger partial charge in [0.25, 0.3) is 10.0 Å². The lowest BCUT2D eigenvalue weighted by Gasteiger charge is -2.19. The van der Waals surface area contributed by atoms with E-state index < -0.39 is 28.0 Å². The number of urea groups is 1. The molecular weight excluding hydrogens is 447 g/mol. The third-order valence-corrected chi connectivity index (χ3v) is 6.99. The van der Waals surface area contributed by atoms with E-state index in [9.17, 15) is 22.4 Å². The van der Waals surface area contributed by atoms with Gasteiger partial charge in [-0.05, 0) is 81.6 Å². The SMILES string of the molecule is Cc1cc(NC(=O)N2CCCC2)ccc1S(=O)(=O)Nc1ccc(NC(=O)C(C)(C)CF)cc1. The minimum atomic E-state index is -3.88. The van der Waals surface area contributed by atoms with E-state index in [1.54, 1.807) is 24.0 Å². The number of carbonyl (C=O) groups excluding carboxylic acids is 2. The van der Waals surface area contributed by atoms with Crippen LogP contribution in [0.1, 0.15) is 32.3 Å². The van der Waals surface area contributed by atoms with E-state index in [1.807, 2.05) is 0 Å². The minimum Gasteiger partial charge on any atom is -0.326 e. The van der Waals surface area contributed by atoms with E-state index in [1.165, 1.54) is 44.2 Å². The second-order valence-electron chi connectivity index (χ2n) is 8.76. The summed E-state index contributed by atoms with van der Waals surface area (Å²) in [7, 11) is -3.88. The van der Waals surface area contributed by atoms with Crippen LogP contribution in [0.2, 0.25) is 0 Å². The number of alkyl halides is 1. The molecule has 2 aromatic carbocycles. The summed E-state index contributed by atoms with van der Waals surface area (Å²) in [6, 6.07) is 10.5. The van der Waals surface area contributed by atoms with E-state index in [2.05, 4.69) is 15.4 Å². The fourth-order valence-electron chi connectivity index (χ4n) is 3.34. The Morgan fingerprint density at radius 2 is 1.55 bits per heavy atom. The van der Waals surface area contributed by atoms with Gasteiger partial charge < -0.3 is 15.5 Å². The third kappa shape index (κ3) is 6.01. The summed E-state index contributed by atoms with van der Waals surface area (Å²) >= 11 is 0. The maximum Gasteiger partial charge on any atom is 0.321 e.